The molecule has 11 nitrogen and oxygen atoms in total. The van der Waals surface area contributed by atoms with E-state index in [9.17, 15) is 9.59 Å². The van der Waals surface area contributed by atoms with Gasteiger partial charge in [-0.05, 0) is 67.3 Å². The Labute approximate surface area is 244 Å². The second kappa shape index (κ2) is 13.3. The molecular weight excluding hydrogens is 532 g/mol. The maximum absolute atomic E-state index is 12.9. The molecule has 2 amide bonds. The lowest BCUT2D eigenvalue weighted by molar-refractivity contribution is -0.111. The number of nitrogens with one attached hydrogen (secondary N) is 4. The number of piperidine rings is 1. The molecule has 1 atom stereocenters. The molecule has 5 rings (SSSR count). The van der Waals surface area contributed by atoms with Crippen LogP contribution in [0.5, 0.6) is 6.01 Å². The van der Waals surface area contributed by atoms with Crippen molar-refractivity contribution in [3.05, 3.63) is 84.1 Å². The molecule has 2 aromatic carbocycles. The highest BCUT2D eigenvalue weighted by atomic mass is 16.5. The van der Waals surface area contributed by atoms with Crippen molar-refractivity contribution in [3.8, 4) is 6.01 Å². The number of aromatic nitrogens is 4. The van der Waals surface area contributed by atoms with E-state index < -0.39 is 0 Å². The van der Waals surface area contributed by atoms with Crippen LogP contribution in [0.4, 0.5) is 17.3 Å². The zero-order valence-corrected chi connectivity index (χ0v) is 23.9. The minimum Gasteiger partial charge on any atom is -0.463 e. The number of carbonyl (C=O) groups is 2. The second-order valence-electron chi connectivity index (χ2n) is 10.6. The van der Waals surface area contributed by atoms with Crippen LogP contribution in [-0.4, -0.2) is 51.1 Å². The monoisotopic (exact) mass is 568 g/mol. The maximum Gasteiger partial charge on any atom is 0.321 e. The summed E-state index contributed by atoms with van der Waals surface area (Å²) < 4.78 is 7.77. The first-order chi connectivity index (χ1) is 20.4. The number of hydrogen-bond donors (Lipinski definition) is 4. The highest BCUT2D eigenvalue weighted by Crippen LogP contribution is 2.24. The van der Waals surface area contributed by atoms with E-state index in [1.54, 1.807) is 28.8 Å². The van der Waals surface area contributed by atoms with Gasteiger partial charge in [-0.2, -0.15) is 19.6 Å². The lowest BCUT2D eigenvalue weighted by atomic mass is 10.0. The number of carbonyl (C=O) groups excluding carboxylic acids is 2. The van der Waals surface area contributed by atoms with Crippen molar-refractivity contribution >= 4 is 34.8 Å². The third kappa shape index (κ3) is 7.10. The molecular formula is C31H36N8O3. The summed E-state index contributed by atoms with van der Waals surface area (Å²) in [5.41, 5.74) is 4.23. The Hall–Kier alpha value is -4.77. The fourth-order valence-electron chi connectivity index (χ4n) is 4.79. The summed E-state index contributed by atoms with van der Waals surface area (Å²) in [5.74, 6) is 0.552. The van der Waals surface area contributed by atoms with Crippen LogP contribution in [0.25, 0.3) is 5.65 Å². The minimum absolute atomic E-state index is 0.236. The number of rotatable bonds is 11. The van der Waals surface area contributed by atoms with Crippen molar-refractivity contribution in [2.75, 3.05) is 35.6 Å². The molecule has 1 fully saturated rings. The molecule has 0 unspecified atom stereocenters. The number of anilines is 3. The number of hydrogen-bond acceptors (Lipinski definition) is 8. The molecule has 42 heavy (non-hydrogen) atoms. The largest absolute Gasteiger partial charge is 0.463 e. The van der Waals surface area contributed by atoms with Crippen LogP contribution in [0.2, 0.25) is 0 Å². The van der Waals surface area contributed by atoms with E-state index in [2.05, 4.69) is 51.8 Å². The number of nitrogens with zero attached hydrogens (tertiary/aromatic N) is 4. The first-order valence-corrected chi connectivity index (χ1v) is 14.2. The quantitative estimate of drug-likeness (QED) is 0.193. The van der Waals surface area contributed by atoms with Gasteiger partial charge in [-0.3, -0.25) is 9.59 Å². The van der Waals surface area contributed by atoms with Gasteiger partial charge >= 0.3 is 6.01 Å². The topological polar surface area (TPSA) is 135 Å². The van der Waals surface area contributed by atoms with Gasteiger partial charge in [-0.1, -0.05) is 38.6 Å². The van der Waals surface area contributed by atoms with Gasteiger partial charge in [-0.25, -0.2) is 0 Å². The molecule has 0 saturated carbocycles. The Kier molecular flexibility index (Phi) is 9.08. The lowest BCUT2D eigenvalue weighted by Gasteiger charge is -2.22. The summed E-state index contributed by atoms with van der Waals surface area (Å²) in [7, 11) is 0. The smallest absolute Gasteiger partial charge is 0.321 e. The predicted molar refractivity (Wildman–Crippen MR) is 163 cm³/mol. The highest BCUT2D eigenvalue weighted by Gasteiger charge is 2.18. The van der Waals surface area contributed by atoms with Crippen LogP contribution < -0.4 is 26.0 Å². The average Bonchev–Trinajstić information content (AvgIpc) is 3.44. The number of fused-ring (bicyclic) bond motifs is 1. The van der Waals surface area contributed by atoms with Gasteiger partial charge in [0.1, 0.15) is 0 Å². The molecule has 2 aromatic heterocycles. The van der Waals surface area contributed by atoms with E-state index in [0.29, 0.717) is 53.6 Å². The summed E-state index contributed by atoms with van der Waals surface area (Å²) in [6, 6.07) is 14.6. The molecule has 218 valence electrons. The Morgan fingerprint density at radius 2 is 1.95 bits per heavy atom. The van der Waals surface area contributed by atoms with Crippen LogP contribution in [0.1, 0.15) is 54.1 Å². The van der Waals surface area contributed by atoms with Crippen LogP contribution in [-0.2, 0) is 11.3 Å². The van der Waals surface area contributed by atoms with Gasteiger partial charge in [0, 0.05) is 41.5 Å². The van der Waals surface area contributed by atoms with Crippen molar-refractivity contribution in [1.82, 2.24) is 24.9 Å². The van der Waals surface area contributed by atoms with Crippen LogP contribution >= 0.6 is 0 Å². The van der Waals surface area contributed by atoms with Crippen molar-refractivity contribution in [1.29, 1.82) is 0 Å². The van der Waals surface area contributed by atoms with Crippen molar-refractivity contribution in [2.45, 2.75) is 39.2 Å². The standard InChI is InChI=1S/C31H36N8O3/c1-4-27(40)35-25-12-6-10-23(15-25)29(41)36-24-11-5-8-21(14-24)17-33-30-38-31(42-19-22-9-7-13-32-16-22)37-28-26(20(2)3)18-34-39(28)30/h4-6,8,10-12,14-15,18,20,22,32H,1,7,9,13,16-17,19H2,2-3H3,(H,35,40)(H,36,41)(H,33,37,38)/t22-/m0/s1. The van der Waals surface area contributed by atoms with E-state index >= 15 is 0 Å². The van der Waals surface area contributed by atoms with Gasteiger partial charge in [-0.15, -0.1) is 0 Å². The Bertz CT molecular complexity index is 1580. The van der Waals surface area contributed by atoms with Crippen LogP contribution in [0.3, 0.4) is 0 Å². The third-order valence-corrected chi connectivity index (χ3v) is 7.06. The Balaban J connectivity index is 1.29. The number of amides is 2. The molecule has 4 N–H and O–H groups in total. The summed E-state index contributed by atoms with van der Waals surface area (Å²) in [4.78, 5) is 33.9. The molecule has 3 heterocycles. The number of ether oxygens (including phenoxy) is 1. The fraction of sp³-hybridized carbons (Fsp3) is 0.323. The van der Waals surface area contributed by atoms with Crippen LogP contribution in [0.15, 0.2) is 67.4 Å². The summed E-state index contributed by atoms with van der Waals surface area (Å²) in [6.07, 6.45) is 5.26. The molecule has 1 aliphatic heterocycles. The molecule has 0 bridgehead atoms. The van der Waals surface area contributed by atoms with E-state index in [4.69, 9.17) is 9.72 Å². The maximum atomic E-state index is 12.9. The molecule has 0 radical (unpaired) electrons. The third-order valence-electron chi connectivity index (χ3n) is 7.06. The molecule has 4 aromatic rings. The lowest BCUT2D eigenvalue weighted by Crippen LogP contribution is -2.33. The van der Waals surface area contributed by atoms with E-state index in [1.807, 2.05) is 30.5 Å². The summed E-state index contributed by atoms with van der Waals surface area (Å²) in [6.45, 7) is 10.6. The highest BCUT2D eigenvalue weighted by molar-refractivity contribution is 6.06. The van der Waals surface area contributed by atoms with Gasteiger partial charge in [0.25, 0.3) is 5.91 Å². The normalized spacial score (nSPS) is 14.9. The van der Waals surface area contributed by atoms with Crippen molar-refractivity contribution < 1.29 is 14.3 Å². The van der Waals surface area contributed by atoms with Crippen LogP contribution in [0, 0.1) is 5.92 Å². The first-order valence-electron chi connectivity index (χ1n) is 14.2. The van der Waals surface area contributed by atoms with Gasteiger partial charge < -0.3 is 26.0 Å². The SMILES string of the molecule is C=CC(=O)Nc1cccc(C(=O)Nc2cccc(CNc3nc(OC[C@H]4CCCNC4)nc4c(C(C)C)cnn34)c2)c1. The van der Waals surface area contributed by atoms with Gasteiger partial charge in [0.15, 0.2) is 5.65 Å². The fourth-order valence-corrected chi connectivity index (χ4v) is 4.79. The minimum atomic E-state index is -0.343. The van der Waals surface area contributed by atoms with E-state index in [1.165, 1.54) is 6.08 Å². The van der Waals surface area contributed by atoms with Gasteiger partial charge in [0.2, 0.25) is 11.9 Å². The average molecular weight is 569 g/mol. The van der Waals surface area contributed by atoms with E-state index in [-0.39, 0.29) is 17.7 Å². The van der Waals surface area contributed by atoms with Crippen molar-refractivity contribution in [2.24, 2.45) is 5.92 Å². The van der Waals surface area contributed by atoms with Crippen molar-refractivity contribution in [3.63, 3.8) is 0 Å². The summed E-state index contributed by atoms with van der Waals surface area (Å²) >= 11 is 0. The molecule has 0 spiro atoms. The van der Waals surface area contributed by atoms with E-state index in [0.717, 1.165) is 37.1 Å². The summed E-state index contributed by atoms with van der Waals surface area (Å²) in [5, 5.41) is 16.9. The number of benzene rings is 2. The second-order valence-corrected chi connectivity index (χ2v) is 10.6. The molecule has 1 aliphatic rings. The Morgan fingerprint density at radius 1 is 1.14 bits per heavy atom. The zero-order chi connectivity index (χ0) is 29.5. The predicted octanol–water partition coefficient (Wildman–Crippen LogP) is 4.62. The zero-order valence-electron chi connectivity index (χ0n) is 23.9. The molecule has 1 saturated heterocycles. The molecule has 11 heteroatoms. The first kappa shape index (κ1) is 28.7. The Morgan fingerprint density at radius 3 is 2.71 bits per heavy atom. The van der Waals surface area contributed by atoms with Gasteiger partial charge in [0.05, 0.1) is 12.8 Å². The molecule has 0 aliphatic carbocycles.